The average molecular weight is 450 g/mol. The van der Waals surface area contributed by atoms with Crippen LogP contribution in [-0.4, -0.2) is 38.4 Å². The standard InChI is InChI=1S/C28H35NO4/c1-20-17-23(9-12-25(20)32-16-4-3-14-28(2)18-31-19-28)29-15-13-26(27(29)30)33-24-10-7-22(8-11-24)21-5-6-21/h7-12,17,21,26H,3-6,13-16,18-19H2,1-2H3/t26-/m0/s1. The highest BCUT2D eigenvalue weighted by Gasteiger charge is 2.35. The van der Waals surface area contributed by atoms with Crippen LogP contribution < -0.4 is 14.4 Å². The van der Waals surface area contributed by atoms with E-state index >= 15 is 0 Å². The van der Waals surface area contributed by atoms with E-state index < -0.39 is 6.10 Å². The molecule has 33 heavy (non-hydrogen) atoms. The highest BCUT2D eigenvalue weighted by atomic mass is 16.5. The fourth-order valence-electron chi connectivity index (χ4n) is 4.81. The van der Waals surface area contributed by atoms with Crippen molar-refractivity contribution in [1.29, 1.82) is 0 Å². The normalized spacial score (nSPS) is 21.7. The van der Waals surface area contributed by atoms with Crippen LogP contribution in [0.3, 0.4) is 0 Å². The average Bonchev–Trinajstić information content (AvgIpc) is 3.58. The molecule has 0 N–H and O–H groups in total. The van der Waals surface area contributed by atoms with E-state index in [-0.39, 0.29) is 5.91 Å². The highest BCUT2D eigenvalue weighted by molar-refractivity contribution is 5.99. The summed E-state index contributed by atoms with van der Waals surface area (Å²) in [6.07, 6.45) is 6.25. The van der Waals surface area contributed by atoms with Crippen molar-refractivity contribution in [2.75, 3.05) is 31.3 Å². The van der Waals surface area contributed by atoms with E-state index in [0.717, 1.165) is 61.3 Å². The van der Waals surface area contributed by atoms with Gasteiger partial charge >= 0.3 is 0 Å². The largest absolute Gasteiger partial charge is 0.493 e. The van der Waals surface area contributed by atoms with E-state index in [0.29, 0.717) is 18.4 Å². The monoisotopic (exact) mass is 449 g/mol. The molecular weight excluding hydrogens is 414 g/mol. The molecule has 1 atom stereocenters. The Morgan fingerprint density at radius 3 is 2.52 bits per heavy atom. The molecular formula is C28H35NO4. The summed E-state index contributed by atoms with van der Waals surface area (Å²) in [4.78, 5) is 14.8. The Hall–Kier alpha value is -2.53. The smallest absolute Gasteiger partial charge is 0.268 e. The summed E-state index contributed by atoms with van der Waals surface area (Å²) < 4.78 is 17.4. The van der Waals surface area contributed by atoms with Crippen LogP contribution in [0.25, 0.3) is 0 Å². The first-order chi connectivity index (χ1) is 16.0. The Morgan fingerprint density at radius 2 is 1.85 bits per heavy atom. The minimum absolute atomic E-state index is 0.0304. The van der Waals surface area contributed by atoms with E-state index in [4.69, 9.17) is 14.2 Å². The van der Waals surface area contributed by atoms with Gasteiger partial charge in [0.2, 0.25) is 0 Å². The minimum Gasteiger partial charge on any atom is -0.493 e. The van der Waals surface area contributed by atoms with E-state index in [2.05, 4.69) is 19.1 Å². The van der Waals surface area contributed by atoms with Crippen molar-refractivity contribution in [2.45, 2.75) is 64.4 Å². The van der Waals surface area contributed by atoms with Crippen LogP contribution >= 0.6 is 0 Å². The van der Waals surface area contributed by atoms with Crippen molar-refractivity contribution in [1.82, 2.24) is 0 Å². The number of hydrogen-bond donors (Lipinski definition) is 0. The first-order valence-corrected chi connectivity index (χ1v) is 12.4. The number of anilines is 1. The van der Waals surface area contributed by atoms with Gasteiger partial charge < -0.3 is 19.1 Å². The zero-order chi connectivity index (χ0) is 22.8. The Kier molecular flexibility index (Phi) is 6.33. The fraction of sp³-hybridized carbons (Fsp3) is 0.536. The summed E-state index contributed by atoms with van der Waals surface area (Å²) >= 11 is 0. The zero-order valence-electron chi connectivity index (χ0n) is 19.8. The molecule has 2 saturated heterocycles. The second kappa shape index (κ2) is 9.38. The maximum Gasteiger partial charge on any atom is 0.268 e. The number of hydrogen-bond acceptors (Lipinski definition) is 4. The Balaban J connectivity index is 1.11. The van der Waals surface area contributed by atoms with Crippen LogP contribution in [0.4, 0.5) is 5.69 Å². The van der Waals surface area contributed by atoms with Gasteiger partial charge in [-0.15, -0.1) is 0 Å². The third-order valence-corrected chi connectivity index (χ3v) is 7.17. The number of aryl methyl sites for hydroxylation is 1. The zero-order valence-corrected chi connectivity index (χ0v) is 19.8. The predicted molar refractivity (Wildman–Crippen MR) is 129 cm³/mol. The van der Waals surface area contributed by atoms with Gasteiger partial charge in [-0.05, 0) is 86.4 Å². The minimum atomic E-state index is -0.420. The highest BCUT2D eigenvalue weighted by Crippen LogP contribution is 2.40. The number of rotatable bonds is 10. The second-order valence-corrected chi connectivity index (χ2v) is 10.3. The number of carbonyl (C=O) groups is 1. The molecule has 5 rings (SSSR count). The van der Waals surface area contributed by atoms with Crippen molar-refractivity contribution < 1.29 is 19.0 Å². The summed E-state index contributed by atoms with van der Waals surface area (Å²) in [6.45, 7) is 7.51. The van der Waals surface area contributed by atoms with E-state index in [1.54, 1.807) is 0 Å². The summed E-state index contributed by atoms with van der Waals surface area (Å²) in [5.74, 6) is 2.43. The Morgan fingerprint density at radius 1 is 1.06 bits per heavy atom. The van der Waals surface area contributed by atoms with Gasteiger partial charge in [0.05, 0.1) is 19.8 Å². The number of carbonyl (C=O) groups excluding carboxylic acids is 1. The lowest BCUT2D eigenvalue weighted by molar-refractivity contribution is -0.122. The summed E-state index contributed by atoms with van der Waals surface area (Å²) in [5, 5.41) is 0. The lowest BCUT2D eigenvalue weighted by atomic mass is 9.83. The third kappa shape index (κ3) is 5.19. The van der Waals surface area contributed by atoms with Gasteiger partial charge in [0.1, 0.15) is 11.5 Å². The van der Waals surface area contributed by atoms with Crippen LogP contribution in [0.5, 0.6) is 11.5 Å². The molecule has 0 bridgehead atoms. The molecule has 176 valence electrons. The van der Waals surface area contributed by atoms with Crippen LogP contribution in [0.1, 0.15) is 62.5 Å². The van der Waals surface area contributed by atoms with Crippen LogP contribution in [0, 0.1) is 12.3 Å². The SMILES string of the molecule is Cc1cc(N2CC[C@H](Oc3ccc(C4CC4)cc3)C2=O)ccc1OCCCCC1(C)COC1. The quantitative estimate of drug-likeness (QED) is 0.440. The first-order valence-electron chi connectivity index (χ1n) is 12.4. The number of nitrogens with zero attached hydrogens (tertiary/aromatic N) is 1. The summed E-state index contributed by atoms with van der Waals surface area (Å²) in [7, 11) is 0. The number of amides is 1. The van der Waals surface area contributed by atoms with E-state index in [9.17, 15) is 4.79 Å². The lowest BCUT2D eigenvalue weighted by Crippen LogP contribution is -2.39. The summed E-state index contributed by atoms with van der Waals surface area (Å²) in [5.41, 5.74) is 3.72. The Labute approximate surface area is 197 Å². The maximum atomic E-state index is 13.0. The molecule has 5 heteroatoms. The number of unbranched alkanes of at least 4 members (excludes halogenated alkanes) is 1. The van der Waals surface area contributed by atoms with Gasteiger partial charge in [-0.1, -0.05) is 19.1 Å². The van der Waals surface area contributed by atoms with E-state index in [1.807, 2.05) is 42.2 Å². The molecule has 0 spiro atoms. The molecule has 0 unspecified atom stereocenters. The molecule has 2 aromatic rings. The summed E-state index contributed by atoms with van der Waals surface area (Å²) in [6, 6.07) is 14.3. The number of ether oxygens (including phenoxy) is 3. The van der Waals surface area contributed by atoms with Crippen LogP contribution in [-0.2, 0) is 9.53 Å². The van der Waals surface area contributed by atoms with Gasteiger partial charge in [0.15, 0.2) is 6.10 Å². The molecule has 0 radical (unpaired) electrons. The molecule has 1 aliphatic carbocycles. The topological polar surface area (TPSA) is 48.0 Å². The molecule has 3 fully saturated rings. The molecule has 2 aliphatic heterocycles. The van der Waals surface area contributed by atoms with Crippen LogP contribution in [0.15, 0.2) is 42.5 Å². The molecule has 5 nitrogen and oxygen atoms in total. The van der Waals surface area contributed by atoms with Crippen LogP contribution in [0.2, 0.25) is 0 Å². The molecule has 1 saturated carbocycles. The Bertz CT molecular complexity index is 978. The predicted octanol–water partition coefficient (Wildman–Crippen LogP) is 5.64. The van der Waals surface area contributed by atoms with Gasteiger partial charge in [-0.2, -0.15) is 0 Å². The van der Waals surface area contributed by atoms with Crippen molar-refractivity contribution in [3.8, 4) is 11.5 Å². The van der Waals surface area contributed by atoms with Crippen molar-refractivity contribution in [2.24, 2.45) is 5.41 Å². The maximum absolute atomic E-state index is 13.0. The molecule has 2 heterocycles. The number of benzene rings is 2. The van der Waals surface area contributed by atoms with Gasteiger partial charge in [-0.3, -0.25) is 4.79 Å². The van der Waals surface area contributed by atoms with Gasteiger partial charge in [-0.25, -0.2) is 0 Å². The fourth-order valence-corrected chi connectivity index (χ4v) is 4.81. The second-order valence-electron chi connectivity index (χ2n) is 10.3. The van der Waals surface area contributed by atoms with E-state index in [1.165, 1.54) is 24.8 Å². The first kappa shape index (κ1) is 22.3. The lowest BCUT2D eigenvalue weighted by Gasteiger charge is -2.38. The van der Waals surface area contributed by atoms with Gasteiger partial charge in [0, 0.05) is 24.1 Å². The molecule has 2 aromatic carbocycles. The van der Waals surface area contributed by atoms with Crippen molar-refractivity contribution in [3.63, 3.8) is 0 Å². The van der Waals surface area contributed by atoms with Crippen molar-refractivity contribution in [3.05, 3.63) is 53.6 Å². The molecule has 1 amide bonds. The van der Waals surface area contributed by atoms with Gasteiger partial charge in [0.25, 0.3) is 5.91 Å². The third-order valence-electron chi connectivity index (χ3n) is 7.17. The molecule has 0 aromatic heterocycles. The molecule has 3 aliphatic rings. The van der Waals surface area contributed by atoms with Crippen molar-refractivity contribution >= 4 is 11.6 Å².